The van der Waals surface area contributed by atoms with Crippen molar-refractivity contribution in [3.63, 3.8) is 0 Å². The molecule has 1 aromatic carbocycles. The van der Waals surface area contributed by atoms with Crippen molar-refractivity contribution in [3.05, 3.63) is 47.3 Å². The van der Waals surface area contributed by atoms with Gasteiger partial charge in [-0.1, -0.05) is 17.3 Å². The summed E-state index contributed by atoms with van der Waals surface area (Å²) in [5.74, 6) is 0.896. The molecule has 0 unspecified atom stereocenters. The van der Waals surface area contributed by atoms with Crippen molar-refractivity contribution in [2.75, 3.05) is 7.05 Å². The molecule has 0 bridgehead atoms. The Morgan fingerprint density at radius 3 is 2.86 bits per heavy atom. The lowest BCUT2D eigenvalue weighted by Gasteiger charge is -2.21. The maximum absolute atomic E-state index is 12.3. The number of ether oxygens (including phenoxy) is 1. The van der Waals surface area contributed by atoms with Gasteiger partial charge in [-0.2, -0.15) is 5.26 Å². The van der Waals surface area contributed by atoms with Gasteiger partial charge in [0.15, 0.2) is 6.10 Å². The molecule has 22 heavy (non-hydrogen) atoms. The van der Waals surface area contributed by atoms with Gasteiger partial charge in [0.1, 0.15) is 23.3 Å². The van der Waals surface area contributed by atoms with Crippen LogP contribution in [0.2, 0.25) is 0 Å². The molecule has 0 spiro atoms. The van der Waals surface area contributed by atoms with Crippen LogP contribution in [-0.4, -0.2) is 29.1 Å². The minimum absolute atomic E-state index is 0.201. The maximum Gasteiger partial charge on any atom is 0.263 e. The highest BCUT2D eigenvalue weighted by atomic mass is 16.5. The highest BCUT2D eigenvalue weighted by Gasteiger charge is 2.21. The second kappa shape index (κ2) is 6.76. The molecule has 114 valence electrons. The van der Waals surface area contributed by atoms with Gasteiger partial charge in [0.2, 0.25) is 0 Å². The van der Waals surface area contributed by atoms with Gasteiger partial charge < -0.3 is 14.2 Å². The van der Waals surface area contributed by atoms with Crippen LogP contribution in [0.15, 0.2) is 34.9 Å². The van der Waals surface area contributed by atoms with E-state index in [1.54, 1.807) is 51.2 Å². The van der Waals surface area contributed by atoms with Crippen LogP contribution in [0.3, 0.4) is 0 Å². The standard InChI is InChI=1S/C16H17N3O3/c1-11-8-14(18-22-11)10-19(3)16(20)12(2)21-15-7-5-4-6-13(15)9-17/h4-8,12H,10H2,1-3H3/t12-/m1/s1. The van der Waals surface area contributed by atoms with E-state index in [1.807, 2.05) is 6.07 Å². The van der Waals surface area contributed by atoms with Crippen molar-refractivity contribution in [1.29, 1.82) is 5.26 Å². The second-order valence-electron chi connectivity index (χ2n) is 4.99. The van der Waals surface area contributed by atoms with E-state index in [-0.39, 0.29) is 5.91 Å². The molecule has 6 nitrogen and oxygen atoms in total. The maximum atomic E-state index is 12.3. The van der Waals surface area contributed by atoms with Crippen LogP contribution >= 0.6 is 0 Å². The van der Waals surface area contributed by atoms with E-state index in [2.05, 4.69) is 5.16 Å². The van der Waals surface area contributed by atoms with Gasteiger partial charge in [0.05, 0.1) is 12.1 Å². The Morgan fingerprint density at radius 2 is 2.23 bits per heavy atom. The number of hydrogen-bond acceptors (Lipinski definition) is 5. The third kappa shape index (κ3) is 3.64. The Labute approximate surface area is 128 Å². The monoisotopic (exact) mass is 299 g/mol. The molecule has 1 amide bonds. The molecule has 0 fully saturated rings. The second-order valence-corrected chi connectivity index (χ2v) is 4.99. The van der Waals surface area contributed by atoms with Gasteiger partial charge in [-0.3, -0.25) is 4.79 Å². The van der Waals surface area contributed by atoms with Gasteiger partial charge in [-0.15, -0.1) is 0 Å². The summed E-state index contributed by atoms with van der Waals surface area (Å²) in [6.07, 6.45) is -0.701. The summed E-state index contributed by atoms with van der Waals surface area (Å²) in [5, 5.41) is 12.9. The van der Waals surface area contributed by atoms with Crippen LogP contribution < -0.4 is 4.74 Å². The van der Waals surface area contributed by atoms with E-state index in [9.17, 15) is 4.79 Å². The number of hydrogen-bond donors (Lipinski definition) is 0. The molecule has 1 atom stereocenters. The molecule has 0 aliphatic rings. The van der Waals surface area contributed by atoms with Gasteiger partial charge in [0.25, 0.3) is 5.91 Å². The quantitative estimate of drug-likeness (QED) is 0.846. The molecular formula is C16H17N3O3. The number of nitriles is 1. The first kappa shape index (κ1) is 15.6. The Balaban J connectivity index is 2.01. The van der Waals surface area contributed by atoms with Crippen LogP contribution in [0, 0.1) is 18.3 Å². The van der Waals surface area contributed by atoms with Crippen molar-refractivity contribution in [3.8, 4) is 11.8 Å². The summed E-state index contributed by atoms with van der Waals surface area (Å²) >= 11 is 0. The molecule has 0 aliphatic heterocycles. The average Bonchev–Trinajstić information content (AvgIpc) is 2.92. The average molecular weight is 299 g/mol. The molecule has 0 saturated heterocycles. The number of aromatic nitrogens is 1. The number of carbonyl (C=O) groups is 1. The number of aryl methyl sites for hydroxylation is 1. The Bertz CT molecular complexity index is 703. The molecule has 0 saturated carbocycles. The minimum atomic E-state index is -0.701. The number of benzene rings is 1. The summed E-state index contributed by atoms with van der Waals surface area (Å²) in [6.45, 7) is 3.79. The molecule has 1 aromatic heterocycles. The largest absolute Gasteiger partial charge is 0.480 e. The smallest absolute Gasteiger partial charge is 0.263 e. The van der Waals surface area contributed by atoms with E-state index in [4.69, 9.17) is 14.5 Å². The highest BCUT2D eigenvalue weighted by Crippen LogP contribution is 2.19. The van der Waals surface area contributed by atoms with Gasteiger partial charge >= 0.3 is 0 Å². The first-order valence-corrected chi connectivity index (χ1v) is 6.84. The zero-order valence-electron chi connectivity index (χ0n) is 12.7. The number of amides is 1. The molecular weight excluding hydrogens is 282 g/mol. The number of para-hydroxylation sites is 1. The molecule has 1 heterocycles. The van der Waals surface area contributed by atoms with Crippen molar-refractivity contribution in [2.45, 2.75) is 26.5 Å². The van der Waals surface area contributed by atoms with E-state index < -0.39 is 6.10 Å². The fourth-order valence-electron chi connectivity index (χ4n) is 2.03. The number of likely N-dealkylation sites (N-methyl/N-ethyl adjacent to an activating group) is 1. The van der Waals surface area contributed by atoms with Crippen molar-refractivity contribution in [2.24, 2.45) is 0 Å². The van der Waals surface area contributed by atoms with Crippen molar-refractivity contribution in [1.82, 2.24) is 10.1 Å². The topological polar surface area (TPSA) is 79.4 Å². The number of nitrogens with zero attached hydrogens (tertiary/aromatic N) is 3. The predicted molar refractivity (Wildman–Crippen MR) is 79.0 cm³/mol. The fraction of sp³-hybridized carbons (Fsp3) is 0.312. The lowest BCUT2D eigenvalue weighted by atomic mass is 10.2. The zero-order valence-corrected chi connectivity index (χ0v) is 12.7. The fourth-order valence-corrected chi connectivity index (χ4v) is 2.03. The SMILES string of the molecule is Cc1cc(CN(C)C(=O)[C@@H](C)Oc2ccccc2C#N)no1. The summed E-state index contributed by atoms with van der Waals surface area (Å²) in [7, 11) is 1.67. The molecule has 2 rings (SSSR count). The Kier molecular flexibility index (Phi) is 4.79. The van der Waals surface area contributed by atoms with Crippen molar-refractivity contribution < 1.29 is 14.1 Å². The van der Waals surface area contributed by atoms with Crippen molar-refractivity contribution >= 4 is 5.91 Å². The van der Waals surface area contributed by atoms with Crippen LogP contribution in [0.4, 0.5) is 0 Å². The molecule has 0 N–H and O–H groups in total. The Morgan fingerprint density at radius 1 is 1.50 bits per heavy atom. The van der Waals surface area contributed by atoms with E-state index in [0.717, 1.165) is 0 Å². The lowest BCUT2D eigenvalue weighted by Crippen LogP contribution is -2.37. The summed E-state index contributed by atoms with van der Waals surface area (Å²) in [4.78, 5) is 13.8. The molecule has 2 aromatic rings. The highest BCUT2D eigenvalue weighted by molar-refractivity contribution is 5.80. The molecule has 6 heteroatoms. The normalized spacial score (nSPS) is 11.5. The third-order valence-electron chi connectivity index (χ3n) is 3.11. The third-order valence-corrected chi connectivity index (χ3v) is 3.11. The summed E-state index contributed by atoms with van der Waals surface area (Å²) < 4.78 is 10.6. The number of carbonyl (C=O) groups excluding carboxylic acids is 1. The summed E-state index contributed by atoms with van der Waals surface area (Å²) in [5.41, 5.74) is 1.08. The van der Waals surface area contributed by atoms with E-state index >= 15 is 0 Å². The van der Waals surface area contributed by atoms with Crippen LogP contribution in [0.1, 0.15) is 23.9 Å². The molecule has 0 radical (unpaired) electrons. The van der Waals surface area contributed by atoms with Crippen LogP contribution in [0.5, 0.6) is 5.75 Å². The number of rotatable bonds is 5. The zero-order chi connectivity index (χ0) is 16.1. The van der Waals surface area contributed by atoms with Gasteiger partial charge in [-0.05, 0) is 26.0 Å². The minimum Gasteiger partial charge on any atom is -0.480 e. The lowest BCUT2D eigenvalue weighted by molar-refractivity contribution is -0.137. The van der Waals surface area contributed by atoms with Crippen LogP contribution in [-0.2, 0) is 11.3 Å². The molecule has 0 aliphatic carbocycles. The van der Waals surface area contributed by atoms with Gasteiger partial charge in [0, 0.05) is 13.1 Å². The van der Waals surface area contributed by atoms with E-state index in [0.29, 0.717) is 29.3 Å². The first-order valence-electron chi connectivity index (χ1n) is 6.84. The summed E-state index contributed by atoms with van der Waals surface area (Å²) in [6, 6.07) is 10.6. The van der Waals surface area contributed by atoms with E-state index in [1.165, 1.54) is 4.90 Å². The predicted octanol–water partition coefficient (Wildman–Crippen LogP) is 2.28. The first-order chi connectivity index (χ1) is 10.5. The Hall–Kier alpha value is -2.81. The van der Waals surface area contributed by atoms with Crippen LogP contribution in [0.25, 0.3) is 0 Å². The van der Waals surface area contributed by atoms with Gasteiger partial charge in [-0.25, -0.2) is 0 Å².